The molecule has 2 heterocycles. The lowest BCUT2D eigenvalue weighted by atomic mass is 10.1. The van der Waals surface area contributed by atoms with Crippen molar-refractivity contribution in [3.63, 3.8) is 0 Å². The Hall–Kier alpha value is -3.17. The van der Waals surface area contributed by atoms with Crippen molar-refractivity contribution in [1.29, 1.82) is 0 Å². The summed E-state index contributed by atoms with van der Waals surface area (Å²) in [6.07, 6.45) is 1.00. The van der Waals surface area contributed by atoms with Crippen molar-refractivity contribution >= 4 is 45.1 Å². The lowest BCUT2D eigenvalue weighted by Crippen LogP contribution is -2.47. The van der Waals surface area contributed by atoms with Gasteiger partial charge in [-0.05, 0) is 48.6 Å². The molecule has 0 bridgehead atoms. The number of urea groups is 1. The van der Waals surface area contributed by atoms with E-state index in [0.717, 1.165) is 56.2 Å². The molecule has 2 aromatic carbocycles. The fourth-order valence-corrected chi connectivity index (χ4v) is 4.90. The van der Waals surface area contributed by atoms with Crippen LogP contribution in [-0.2, 0) is 16.0 Å². The first-order valence-corrected chi connectivity index (χ1v) is 12.5. The van der Waals surface area contributed by atoms with Crippen molar-refractivity contribution in [3.8, 4) is 0 Å². The maximum absolute atomic E-state index is 12.3. The van der Waals surface area contributed by atoms with Gasteiger partial charge in [0.15, 0.2) is 0 Å². The van der Waals surface area contributed by atoms with E-state index >= 15 is 0 Å². The molecule has 2 N–H and O–H groups in total. The number of para-hydroxylation sites is 1. The molecule has 0 aliphatic carbocycles. The number of amides is 2. The van der Waals surface area contributed by atoms with E-state index in [1.165, 1.54) is 10.1 Å². The van der Waals surface area contributed by atoms with Crippen LogP contribution in [0.4, 0.5) is 16.3 Å². The number of carbonyl (C=O) groups is 2. The van der Waals surface area contributed by atoms with Crippen LogP contribution in [0.15, 0.2) is 48.5 Å². The molecule has 1 fully saturated rings. The van der Waals surface area contributed by atoms with Crippen LogP contribution in [0.5, 0.6) is 0 Å². The van der Waals surface area contributed by atoms with Crippen LogP contribution in [0, 0.1) is 0 Å². The summed E-state index contributed by atoms with van der Waals surface area (Å²) in [6.45, 7) is 7.14. The topological polar surface area (TPSA) is 86.8 Å². The average Bonchev–Trinajstić information content (AvgIpc) is 3.28. The Balaban J connectivity index is 1.24. The van der Waals surface area contributed by atoms with Gasteiger partial charge in [-0.1, -0.05) is 30.3 Å². The molecule has 1 saturated heterocycles. The van der Waals surface area contributed by atoms with E-state index in [2.05, 4.69) is 44.7 Å². The Morgan fingerprint density at radius 1 is 1.06 bits per heavy atom. The molecule has 180 valence electrons. The van der Waals surface area contributed by atoms with Crippen molar-refractivity contribution in [3.05, 3.63) is 54.1 Å². The first-order valence-electron chi connectivity index (χ1n) is 11.7. The molecule has 1 aliphatic heterocycles. The van der Waals surface area contributed by atoms with Crippen molar-refractivity contribution in [1.82, 2.24) is 14.6 Å². The van der Waals surface area contributed by atoms with Gasteiger partial charge in [0.1, 0.15) is 5.82 Å². The predicted molar refractivity (Wildman–Crippen MR) is 137 cm³/mol. The lowest BCUT2D eigenvalue weighted by molar-refractivity contribution is -0.142. The maximum Gasteiger partial charge on any atom is 0.319 e. The minimum absolute atomic E-state index is 0.158. The zero-order chi connectivity index (χ0) is 23.8. The lowest BCUT2D eigenvalue weighted by Gasteiger charge is -2.35. The number of hydrogen-bond acceptors (Lipinski definition) is 7. The quantitative estimate of drug-likeness (QED) is 0.453. The van der Waals surface area contributed by atoms with Gasteiger partial charge < -0.3 is 20.3 Å². The molecular formula is C25H31N5O3S. The summed E-state index contributed by atoms with van der Waals surface area (Å²) in [5, 5.41) is 6.86. The van der Waals surface area contributed by atoms with Crippen LogP contribution >= 0.6 is 11.5 Å². The van der Waals surface area contributed by atoms with Gasteiger partial charge in [0, 0.05) is 50.3 Å². The number of aromatic nitrogens is 1. The van der Waals surface area contributed by atoms with Crippen molar-refractivity contribution in [2.75, 3.05) is 56.1 Å². The van der Waals surface area contributed by atoms with Gasteiger partial charge in [-0.25, -0.2) is 4.79 Å². The van der Waals surface area contributed by atoms with Crippen LogP contribution in [0.25, 0.3) is 10.1 Å². The number of carbonyl (C=O) groups excluding carboxylic acids is 2. The van der Waals surface area contributed by atoms with Gasteiger partial charge in [0.25, 0.3) is 0 Å². The second-order valence-corrected chi connectivity index (χ2v) is 8.98. The number of anilines is 2. The number of fused-ring (bicyclic) bond motifs is 1. The van der Waals surface area contributed by atoms with Crippen molar-refractivity contribution < 1.29 is 14.3 Å². The third-order valence-electron chi connectivity index (χ3n) is 5.91. The number of benzene rings is 2. The predicted octanol–water partition coefficient (Wildman–Crippen LogP) is 3.74. The first-order chi connectivity index (χ1) is 16.6. The summed E-state index contributed by atoms with van der Waals surface area (Å²) in [4.78, 5) is 28.5. The van der Waals surface area contributed by atoms with E-state index in [9.17, 15) is 9.59 Å². The molecular weight excluding hydrogens is 450 g/mol. The smallest absolute Gasteiger partial charge is 0.319 e. The standard InChI is InChI=1S/C25H31N5O3S/c1-2-33-23(31)11-13-26-25(32)27-21-9-5-3-7-19(21)12-14-29-15-17-30(18-16-29)24-20-8-4-6-10-22(20)34-28-24/h3-10H,2,11-18H2,1H3,(H2,26,27,32). The molecule has 0 spiro atoms. The Kier molecular flexibility index (Phi) is 8.32. The van der Waals surface area contributed by atoms with Gasteiger partial charge in [0.2, 0.25) is 0 Å². The van der Waals surface area contributed by atoms with Crippen molar-refractivity contribution in [2.45, 2.75) is 19.8 Å². The minimum atomic E-state index is -0.319. The van der Waals surface area contributed by atoms with Crippen LogP contribution in [-0.4, -0.2) is 67.1 Å². The largest absolute Gasteiger partial charge is 0.466 e. The summed E-state index contributed by atoms with van der Waals surface area (Å²) in [6, 6.07) is 15.9. The highest BCUT2D eigenvalue weighted by atomic mass is 32.1. The van der Waals surface area contributed by atoms with Crippen LogP contribution in [0.1, 0.15) is 18.9 Å². The van der Waals surface area contributed by atoms with Crippen molar-refractivity contribution in [2.24, 2.45) is 0 Å². The molecule has 0 saturated carbocycles. The highest BCUT2D eigenvalue weighted by molar-refractivity contribution is 7.13. The summed E-state index contributed by atoms with van der Waals surface area (Å²) in [5.74, 6) is 0.787. The molecule has 0 atom stereocenters. The molecule has 2 amide bonds. The van der Waals surface area contributed by atoms with E-state index < -0.39 is 0 Å². The zero-order valence-electron chi connectivity index (χ0n) is 19.5. The zero-order valence-corrected chi connectivity index (χ0v) is 20.3. The molecule has 3 aromatic rings. The fourth-order valence-electron chi connectivity index (χ4n) is 4.10. The Labute approximate surface area is 204 Å². The van der Waals surface area contributed by atoms with E-state index in [-0.39, 0.29) is 25.0 Å². The molecule has 0 unspecified atom stereocenters. The number of esters is 1. The number of nitrogens with zero attached hydrogens (tertiary/aromatic N) is 3. The molecule has 1 aliphatic rings. The maximum atomic E-state index is 12.3. The normalized spacial score (nSPS) is 14.2. The highest BCUT2D eigenvalue weighted by Crippen LogP contribution is 2.29. The molecule has 8 nitrogen and oxygen atoms in total. The first kappa shape index (κ1) is 24.0. The number of ether oxygens (including phenoxy) is 1. The summed E-state index contributed by atoms with van der Waals surface area (Å²) >= 11 is 1.56. The molecule has 0 radical (unpaired) electrons. The second kappa shape index (κ2) is 11.8. The van der Waals surface area contributed by atoms with Crippen LogP contribution in [0.2, 0.25) is 0 Å². The number of rotatable bonds is 9. The Morgan fingerprint density at radius 3 is 2.65 bits per heavy atom. The van der Waals surface area contributed by atoms with Gasteiger partial charge in [-0.15, -0.1) is 0 Å². The molecule has 4 rings (SSSR count). The van der Waals surface area contributed by atoms with Gasteiger partial charge in [0.05, 0.1) is 17.7 Å². The van der Waals surface area contributed by atoms with Crippen LogP contribution < -0.4 is 15.5 Å². The van der Waals surface area contributed by atoms with E-state index in [1.807, 2.05) is 24.3 Å². The van der Waals surface area contributed by atoms with Gasteiger partial charge in [-0.2, -0.15) is 4.37 Å². The second-order valence-electron chi connectivity index (χ2n) is 8.17. The third kappa shape index (κ3) is 6.24. The minimum Gasteiger partial charge on any atom is -0.466 e. The Bertz CT molecular complexity index is 1110. The van der Waals surface area contributed by atoms with Gasteiger partial charge >= 0.3 is 12.0 Å². The average molecular weight is 482 g/mol. The monoisotopic (exact) mass is 481 g/mol. The van der Waals surface area contributed by atoms with Crippen LogP contribution in [0.3, 0.4) is 0 Å². The molecule has 1 aromatic heterocycles. The SMILES string of the molecule is CCOC(=O)CCNC(=O)Nc1ccccc1CCN1CCN(c2nsc3ccccc23)CC1. The number of nitrogens with one attached hydrogen (secondary N) is 2. The Morgan fingerprint density at radius 2 is 1.82 bits per heavy atom. The molecule has 34 heavy (non-hydrogen) atoms. The van der Waals surface area contributed by atoms with Gasteiger partial charge in [-0.3, -0.25) is 9.69 Å². The highest BCUT2D eigenvalue weighted by Gasteiger charge is 2.20. The van der Waals surface area contributed by atoms with E-state index in [1.54, 1.807) is 18.5 Å². The summed E-state index contributed by atoms with van der Waals surface area (Å²) < 4.78 is 10.8. The third-order valence-corrected chi connectivity index (χ3v) is 6.73. The van der Waals surface area contributed by atoms with E-state index in [0.29, 0.717) is 6.61 Å². The number of piperazine rings is 1. The number of hydrogen-bond donors (Lipinski definition) is 2. The fraction of sp³-hybridized carbons (Fsp3) is 0.400. The summed E-state index contributed by atoms with van der Waals surface area (Å²) in [7, 11) is 0. The van der Waals surface area contributed by atoms with E-state index in [4.69, 9.17) is 9.11 Å². The summed E-state index contributed by atoms with van der Waals surface area (Å²) in [5.41, 5.74) is 1.89. The molecule has 9 heteroatoms.